The van der Waals surface area contributed by atoms with Crippen LogP contribution in [0.3, 0.4) is 0 Å². The molecule has 3 atom stereocenters. The summed E-state index contributed by atoms with van der Waals surface area (Å²) in [6.45, 7) is 2.70. The monoisotopic (exact) mass is 421 g/mol. The molecule has 4 rings (SSSR count). The molecule has 6 N–H and O–H groups in total. The number of aliphatic carboxylic acids is 1. The van der Waals surface area contributed by atoms with E-state index >= 15 is 0 Å². The summed E-state index contributed by atoms with van der Waals surface area (Å²) in [7, 11) is 0. The number of rotatable bonds is 7. The molecule has 1 saturated heterocycles. The van der Waals surface area contributed by atoms with E-state index in [1.807, 2.05) is 12.1 Å². The Morgan fingerprint density at radius 1 is 1.13 bits per heavy atom. The van der Waals surface area contributed by atoms with Gasteiger partial charge in [0.1, 0.15) is 6.04 Å². The second-order valence-corrected chi connectivity index (χ2v) is 8.29. The number of carboxylic acid groups (broad SMARTS) is 1. The van der Waals surface area contributed by atoms with Crippen molar-refractivity contribution in [3.63, 3.8) is 0 Å². The van der Waals surface area contributed by atoms with Gasteiger partial charge in [0.05, 0.1) is 0 Å². The predicted molar refractivity (Wildman–Crippen MR) is 119 cm³/mol. The van der Waals surface area contributed by atoms with Crippen molar-refractivity contribution in [2.24, 2.45) is 28.3 Å². The van der Waals surface area contributed by atoms with Crippen molar-refractivity contribution < 1.29 is 14.7 Å². The Morgan fingerprint density at radius 2 is 1.81 bits per heavy atom. The Morgan fingerprint density at radius 3 is 2.48 bits per heavy atom. The van der Waals surface area contributed by atoms with E-state index < -0.39 is 17.9 Å². The van der Waals surface area contributed by atoms with Crippen molar-refractivity contribution in [3.05, 3.63) is 65.2 Å². The minimum Gasteiger partial charge on any atom is -0.480 e. The zero-order chi connectivity index (χ0) is 22.0. The van der Waals surface area contributed by atoms with Crippen LogP contribution in [0.15, 0.2) is 53.5 Å². The Bertz CT molecular complexity index is 995. The summed E-state index contributed by atoms with van der Waals surface area (Å²) in [5, 5.41) is 11.9. The van der Waals surface area contributed by atoms with Crippen LogP contribution in [0.25, 0.3) is 0 Å². The van der Waals surface area contributed by atoms with Crippen LogP contribution in [0.1, 0.15) is 27.9 Å². The number of carboxylic acids is 1. The number of guanidine groups is 1. The van der Waals surface area contributed by atoms with Crippen molar-refractivity contribution in [1.82, 2.24) is 5.32 Å². The minimum absolute atomic E-state index is 0.0565. The second-order valence-electron chi connectivity index (χ2n) is 8.29. The first-order valence-electron chi connectivity index (χ1n) is 10.4. The molecule has 2 aliphatic rings. The molecule has 8 heteroatoms. The van der Waals surface area contributed by atoms with Crippen molar-refractivity contribution in [2.75, 3.05) is 18.0 Å². The zero-order valence-electron chi connectivity index (χ0n) is 17.2. The number of amides is 1. The molecule has 31 heavy (non-hydrogen) atoms. The summed E-state index contributed by atoms with van der Waals surface area (Å²) in [5.74, 6) is 0.216. The van der Waals surface area contributed by atoms with Gasteiger partial charge in [-0.2, -0.15) is 4.99 Å². The number of nitrogens with one attached hydrogen (secondary N) is 1. The number of aliphatic imine (C=N–C) groups is 1. The largest absolute Gasteiger partial charge is 0.480 e. The number of carbonyl (C=O) groups is 2. The fourth-order valence-electron chi connectivity index (χ4n) is 4.09. The maximum atomic E-state index is 12.4. The number of para-hydroxylation sites is 1. The lowest BCUT2D eigenvalue weighted by Crippen LogP contribution is -2.33. The lowest BCUT2D eigenvalue weighted by molar-refractivity contribution is -0.138. The van der Waals surface area contributed by atoms with Crippen LogP contribution in [-0.4, -0.2) is 42.1 Å². The molecule has 1 aliphatic carbocycles. The van der Waals surface area contributed by atoms with Gasteiger partial charge in [-0.1, -0.05) is 30.3 Å². The smallest absolute Gasteiger partial charge is 0.320 e. The molecule has 0 bridgehead atoms. The molecule has 1 amide bonds. The lowest BCUT2D eigenvalue weighted by atomic mass is 10.0. The topological polar surface area (TPSA) is 134 Å². The quantitative estimate of drug-likeness (QED) is 0.391. The third kappa shape index (κ3) is 5.03. The van der Waals surface area contributed by atoms with Crippen LogP contribution in [0.2, 0.25) is 0 Å². The van der Waals surface area contributed by atoms with E-state index in [4.69, 9.17) is 16.6 Å². The summed E-state index contributed by atoms with van der Waals surface area (Å²) in [4.78, 5) is 29.6. The first-order valence-corrected chi connectivity index (χ1v) is 10.4. The van der Waals surface area contributed by atoms with Gasteiger partial charge < -0.3 is 26.8 Å². The molecule has 1 aliphatic heterocycles. The van der Waals surface area contributed by atoms with Gasteiger partial charge in [0.15, 0.2) is 5.96 Å². The average molecular weight is 422 g/mol. The molecule has 0 radical (unpaired) electrons. The van der Waals surface area contributed by atoms with Crippen LogP contribution in [0.5, 0.6) is 0 Å². The van der Waals surface area contributed by atoms with Crippen LogP contribution in [0, 0.1) is 11.8 Å². The fraction of sp³-hybridized carbons (Fsp3) is 0.348. The van der Waals surface area contributed by atoms with Crippen molar-refractivity contribution in [2.45, 2.75) is 25.4 Å². The molecule has 1 saturated carbocycles. The van der Waals surface area contributed by atoms with Gasteiger partial charge in [0.25, 0.3) is 5.91 Å². The maximum absolute atomic E-state index is 12.4. The van der Waals surface area contributed by atoms with Gasteiger partial charge in [-0.15, -0.1) is 0 Å². The van der Waals surface area contributed by atoms with Crippen LogP contribution in [-0.2, 0) is 17.8 Å². The molecular formula is C23H27N5O3. The zero-order valence-corrected chi connectivity index (χ0v) is 17.2. The first kappa shape index (κ1) is 20.9. The fourth-order valence-corrected chi connectivity index (χ4v) is 4.09. The van der Waals surface area contributed by atoms with Crippen molar-refractivity contribution in [3.8, 4) is 0 Å². The molecule has 162 valence electrons. The van der Waals surface area contributed by atoms with E-state index in [9.17, 15) is 9.59 Å². The number of hydrogen-bond acceptors (Lipinski definition) is 4. The average Bonchev–Trinajstić information content (AvgIpc) is 3.37. The van der Waals surface area contributed by atoms with Gasteiger partial charge in [0, 0.05) is 30.9 Å². The molecule has 0 aromatic heterocycles. The molecule has 2 fully saturated rings. The Labute approximate surface area is 180 Å². The highest BCUT2D eigenvalue weighted by Gasteiger charge is 2.45. The van der Waals surface area contributed by atoms with Crippen LogP contribution in [0.4, 0.5) is 5.69 Å². The molecule has 0 spiro atoms. The number of piperidine rings is 1. The van der Waals surface area contributed by atoms with Gasteiger partial charge >= 0.3 is 5.97 Å². The van der Waals surface area contributed by atoms with E-state index in [1.54, 1.807) is 24.3 Å². The van der Waals surface area contributed by atoms with E-state index in [-0.39, 0.29) is 12.4 Å². The standard InChI is InChI=1S/C23H27N5O3/c24-19(22(30)31)9-14-5-7-15(8-6-14)21(29)27-23(25)26-11-16-3-1-2-4-20(16)28-12-17-10-18(17)13-28/h1-8,17-19H,9-13,24H2,(H,30,31)(H3,25,26,27,29)/t17?,18?,19-/m0/s1. The normalized spacial score (nSPS) is 20.8. The molecule has 2 aromatic rings. The summed E-state index contributed by atoms with van der Waals surface area (Å²) >= 11 is 0. The summed E-state index contributed by atoms with van der Waals surface area (Å²) < 4.78 is 0. The van der Waals surface area contributed by atoms with E-state index in [0.29, 0.717) is 12.1 Å². The third-order valence-electron chi connectivity index (χ3n) is 5.97. The summed E-state index contributed by atoms with van der Waals surface area (Å²) in [5.41, 5.74) is 14.9. The van der Waals surface area contributed by atoms with Gasteiger partial charge in [0.2, 0.25) is 0 Å². The number of anilines is 1. The number of hydrogen-bond donors (Lipinski definition) is 4. The van der Waals surface area contributed by atoms with Crippen molar-refractivity contribution in [1.29, 1.82) is 0 Å². The summed E-state index contributed by atoms with van der Waals surface area (Å²) in [6, 6.07) is 13.8. The van der Waals surface area contributed by atoms with E-state index in [0.717, 1.165) is 36.1 Å². The van der Waals surface area contributed by atoms with E-state index in [1.165, 1.54) is 12.1 Å². The second kappa shape index (κ2) is 8.77. The number of benzene rings is 2. The molecule has 8 nitrogen and oxygen atoms in total. The highest BCUT2D eigenvalue weighted by atomic mass is 16.4. The lowest BCUT2D eigenvalue weighted by Gasteiger charge is -2.23. The number of nitrogens with zero attached hydrogens (tertiary/aromatic N) is 2. The highest BCUT2D eigenvalue weighted by Crippen LogP contribution is 2.46. The molecular weight excluding hydrogens is 394 g/mol. The number of fused-ring (bicyclic) bond motifs is 1. The SMILES string of the molecule is N/C(=N\C(=O)c1ccc(C[C@H](N)C(=O)O)cc1)NCc1ccccc1N1CC2CC2C1. The third-order valence-corrected chi connectivity index (χ3v) is 5.97. The minimum atomic E-state index is -1.06. The maximum Gasteiger partial charge on any atom is 0.320 e. The number of nitrogens with two attached hydrogens (primary N) is 2. The summed E-state index contributed by atoms with van der Waals surface area (Å²) in [6.07, 6.45) is 1.54. The molecule has 2 unspecified atom stereocenters. The highest BCUT2D eigenvalue weighted by molar-refractivity contribution is 6.02. The molecule has 1 heterocycles. The Kier molecular flexibility index (Phi) is 5.90. The number of carbonyl (C=O) groups excluding carboxylic acids is 1. The first-order chi connectivity index (χ1) is 14.9. The predicted octanol–water partition coefficient (Wildman–Crippen LogP) is 1.34. The van der Waals surface area contributed by atoms with Gasteiger partial charge in [-0.25, -0.2) is 0 Å². The van der Waals surface area contributed by atoms with Gasteiger partial charge in [-0.3, -0.25) is 9.59 Å². The van der Waals surface area contributed by atoms with Crippen LogP contribution < -0.4 is 21.7 Å². The van der Waals surface area contributed by atoms with Crippen molar-refractivity contribution >= 4 is 23.5 Å². The van der Waals surface area contributed by atoms with Crippen LogP contribution >= 0.6 is 0 Å². The Balaban J connectivity index is 1.35. The van der Waals surface area contributed by atoms with Gasteiger partial charge in [-0.05, 0) is 54.0 Å². The molecule has 2 aromatic carbocycles. The van der Waals surface area contributed by atoms with E-state index in [2.05, 4.69) is 27.3 Å². The Hall–Kier alpha value is -3.39.